The predicted molar refractivity (Wildman–Crippen MR) is 93.6 cm³/mol. The Morgan fingerprint density at radius 1 is 1.26 bits per heavy atom. The normalized spacial score (nSPS) is 11.2. The van der Waals surface area contributed by atoms with Crippen molar-refractivity contribution in [1.29, 1.82) is 0 Å². The van der Waals surface area contributed by atoms with Gasteiger partial charge in [-0.2, -0.15) is 19.0 Å². The largest absolute Gasteiger partial charge is 0.333 e. The van der Waals surface area contributed by atoms with Crippen LogP contribution in [0.1, 0.15) is 34.0 Å². The Balaban J connectivity index is 1.84. The maximum atomic E-state index is 14.0. The van der Waals surface area contributed by atoms with Gasteiger partial charge in [0.15, 0.2) is 5.69 Å². The van der Waals surface area contributed by atoms with Crippen molar-refractivity contribution in [3.05, 3.63) is 63.9 Å². The molecule has 27 heavy (non-hydrogen) atoms. The van der Waals surface area contributed by atoms with Crippen molar-refractivity contribution in [1.82, 2.24) is 19.6 Å². The third-order valence-electron chi connectivity index (χ3n) is 4.03. The number of anilines is 1. The molecule has 1 aromatic carbocycles. The van der Waals surface area contributed by atoms with Gasteiger partial charge in [0.05, 0.1) is 23.6 Å². The summed E-state index contributed by atoms with van der Waals surface area (Å²) >= 11 is 6.05. The van der Waals surface area contributed by atoms with E-state index >= 15 is 0 Å². The molecule has 3 aromatic rings. The van der Waals surface area contributed by atoms with E-state index in [9.17, 15) is 18.0 Å². The second-order valence-corrected chi connectivity index (χ2v) is 6.22. The van der Waals surface area contributed by atoms with Crippen molar-refractivity contribution in [2.75, 3.05) is 5.32 Å². The Hall–Kier alpha value is -2.81. The number of halogens is 4. The summed E-state index contributed by atoms with van der Waals surface area (Å²) in [6.45, 7) is 0.610. The van der Waals surface area contributed by atoms with E-state index in [2.05, 4.69) is 15.5 Å². The number of aromatic nitrogens is 4. The molecule has 0 bridgehead atoms. The van der Waals surface area contributed by atoms with Gasteiger partial charge in [-0.05, 0) is 32.0 Å². The molecule has 0 aliphatic carbocycles. The first-order valence-corrected chi connectivity index (χ1v) is 8.27. The van der Waals surface area contributed by atoms with Gasteiger partial charge < -0.3 is 5.32 Å². The van der Waals surface area contributed by atoms with Gasteiger partial charge in [-0.15, -0.1) is 0 Å². The van der Waals surface area contributed by atoms with Gasteiger partial charge in [0.1, 0.15) is 5.82 Å². The van der Waals surface area contributed by atoms with Crippen LogP contribution in [0.5, 0.6) is 0 Å². The lowest BCUT2D eigenvalue weighted by molar-refractivity contribution is 0.0561. The fourth-order valence-corrected chi connectivity index (χ4v) is 2.83. The fourth-order valence-electron chi connectivity index (χ4n) is 2.61. The van der Waals surface area contributed by atoms with Gasteiger partial charge in [-0.1, -0.05) is 17.7 Å². The predicted octanol–water partition coefficient (Wildman–Crippen LogP) is 4.18. The molecule has 1 amide bonds. The summed E-state index contributed by atoms with van der Waals surface area (Å²) in [6, 6.07) is 5.57. The number of hydrogen-bond acceptors (Lipinski definition) is 3. The average molecular weight is 398 g/mol. The quantitative estimate of drug-likeness (QED) is 0.702. The number of carbonyl (C=O) groups is 1. The molecular formula is C17H15ClF3N5O. The third kappa shape index (κ3) is 3.82. The number of carbonyl (C=O) groups excluding carboxylic acids is 1. The van der Waals surface area contributed by atoms with E-state index in [1.54, 1.807) is 19.9 Å². The zero-order chi connectivity index (χ0) is 19.7. The molecule has 1 N–H and O–H groups in total. The van der Waals surface area contributed by atoms with Crippen LogP contribution in [0.4, 0.5) is 18.9 Å². The number of nitrogens with one attached hydrogen (secondary N) is 1. The first kappa shape index (κ1) is 19.0. The van der Waals surface area contributed by atoms with Gasteiger partial charge in [-0.3, -0.25) is 9.48 Å². The molecule has 0 radical (unpaired) electrons. The SMILES string of the molecule is Cc1nn(Cc2c(F)cccc2Cl)c(C)c1NC(=O)c1ccn(C(F)F)n1. The van der Waals surface area contributed by atoms with Gasteiger partial charge in [0.25, 0.3) is 5.91 Å². The minimum Gasteiger partial charge on any atom is -0.317 e. The summed E-state index contributed by atoms with van der Waals surface area (Å²) in [5.74, 6) is -1.11. The molecule has 0 aliphatic rings. The zero-order valence-electron chi connectivity index (χ0n) is 14.4. The Kier molecular flexibility index (Phi) is 5.22. The number of hydrogen-bond donors (Lipinski definition) is 1. The second kappa shape index (κ2) is 7.43. The van der Waals surface area contributed by atoms with Crippen LogP contribution < -0.4 is 5.32 Å². The van der Waals surface area contributed by atoms with E-state index in [4.69, 9.17) is 11.6 Å². The van der Waals surface area contributed by atoms with E-state index in [1.165, 1.54) is 22.9 Å². The smallest absolute Gasteiger partial charge is 0.317 e. The molecule has 0 spiro atoms. The van der Waals surface area contributed by atoms with Crippen molar-refractivity contribution in [2.24, 2.45) is 0 Å². The topological polar surface area (TPSA) is 64.7 Å². The van der Waals surface area contributed by atoms with Gasteiger partial charge >= 0.3 is 6.55 Å². The van der Waals surface area contributed by atoms with Crippen LogP contribution in [-0.4, -0.2) is 25.5 Å². The van der Waals surface area contributed by atoms with E-state index in [0.29, 0.717) is 21.8 Å². The number of alkyl halides is 2. The van der Waals surface area contributed by atoms with E-state index in [-0.39, 0.29) is 22.8 Å². The molecule has 0 saturated carbocycles. The molecule has 0 aliphatic heterocycles. The summed E-state index contributed by atoms with van der Waals surface area (Å²) in [5.41, 5.74) is 1.58. The molecule has 2 aromatic heterocycles. The molecule has 0 saturated heterocycles. The monoisotopic (exact) mass is 397 g/mol. The Morgan fingerprint density at radius 3 is 2.63 bits per heavy atom. The maximum absolute atomic E-state index is 14.0. The van der Waals surface area contributed by atoms with Crippen LogP contribution in [0, 0.1) is 19.7 Å². The van der Waals surface area contributed by atoms with Crippen molar-refractivity contribution in [3.8, 4) is 0 Å². The van der Waals surface area contributed by atoms with E-state index in [0.717, 1.165) is 6.20 Å². The highest BCUT2D eigenvalue weighted by atomic mass is 35.5. The second-order valence-electron chi connectivity index (χ2n) is 5.82. The van der Waals surface area contributed by atoms with Crippen LogP contribution in [0.2, 0.25) is 5.02 Å². The lowest BCUT2D eigenvalue weighted by Gasteiger charge is -2.09. The summed E-state index contributed by atoms with van der Waals surface area (Å²) in [7, 11) is 0. The zero-order valence-corrected chi connectivity index (χ0v) is 15.1. The summed E-state index contributed by atoms with van der Waals surface area (Å²) in [5, 5.41) is 10.7. The van der Waals surface area contributed by atoms with Crippen LogP contribution in [0.25, 0.3) is 0 Å². The first-order valence-electron chi connectivity index (χ1n) is 7.89. The minimum absolute atomic E-state index is 0.0774. The van der Waals surface area contributed by atoms with Crippen molar-refractivity contribution < 1.29 is 18.0 Å². The molecule has 6 nitrogen and oxygen atoms in total. The van der Waals surface area contributed by atoms with E-state index in [1.807, 2.05) is 0 Å². The van der Waals surface area contributed by atoms with Gasteiger partial charge in [-0.25, -0.2) is 9.07 Å². The Labute approximate surface area is 157 Å². The van der Waals surface area contributed by atoms with Crippen molar-refractivity contribution in [3.63, 3.8) is 0 Å². The Bertz CT molecular complexity index is 978. The molecule has 0 fully saturated rings. The van der Waals surface area contributed by atoms with Crippen LogP contribution >= 0.6 is 11.6 Å². The number of rotatable bonds is 5. The lowest BCUT2D eigenvalue weighted by atomic mass is 10.2. The third-order valence-corrected chi connectivity index (χ3v) is 4.38. The number of nitrogens with zero attached hydrogens (tertiary/aromatic N) is 4. The van der Waals surface area contributed by atoms with Gasteiger partial charge in [0.2, 0.25) is 0 Å². The van der Waals surface area contributed by atoms with Crippen LogP contribution in [0.15, 0.2) is 30.5 Å². The summed E-state index contributed by atoms with van der Waals surface area (Å²) < 4.78 is 41.1. The first-order chi connectivity index (χ1) is 12.8. The molecule has 0 unspecified atom stereocenters. The highest BCUT2D eigenvalue weighted by molar-refractivity contribution is 6.31. The van der Waals surface area contributed by atoms with Crippen LogP contribution in [0.3, 0.4) is 0 Å². The number of amides is 1. The van der Waals surface area contributed by atoms with Crippen LogP contribution in [-0.2, 0) is 6.54 Å². The lowest BCUT2D eigenvalue weighted by Crippen LogP contribution is -2.15. The minimum atomic E-state index is -2.83. The molecule has 142 valence electrons. The standard InChI is InChI=1S/C17H15ClF3N5O/c1-9-15(22-16(27)14-6-7-25(24-14)17(20)21)10(2)26(23-9)8-11-12(18)4-3-5-13(11)19/h3-7,17H,8H2,1-2H3,(H,22,27). The molecular weight excluding hydrogens is 383 g/mol. The van der Waals surface area contributed by atoms with E-state index < -0.39 is 18.3 Å². The molecule has 3 rings (SSSR count). The number of benzene rings is 1. The van der Waals surface area contributed by atoms with Crippen molar-refractivity contribution >= 4 is 23.2 Å². The number of aryl methyl sites for hydroxylation is 1. The molecule has 2 heterocycles. The molecule has 10 heteroatoms. The summed E-state index contributed by atoms with van der Waals surface area (Å²) in [4.78, 5) is 12.3. The molecule has 0 atom stereocenters. The maximum Gasteiger partial charge on any atom is 0.333 e. The fraction of sp³-hybridized carbons (Fsp3) is 0.235. The van der Waals surface area contributed by atoms with Crippen molar-refractivity contribution in [2.45, 2.75) is 26.9 Å². The highest BCUT2D eigenvalue weighted by Crippen LogP contribution is 2.25. The van der Waals surface area contributed by atoms with Gasteiger partial charge in [0, 0.05) is 16.8 Å². The summed E-state index contributed by atoms with van der Waals surface area (Å²) in [6.07, 6.45) is 1.02. The average Bonchev–Trinajstić information content (AvgIpc) is 3.19. The highest BCUT2D eigenvalue weighted by Gasteiger charge is 2.19. The Morgan fingerprint density at radius 2 is 2.00 bits per heavy atom.